The number of hydrogen-bond acceptors (Lipinski definition) is 13. The summed E-state index contributed by atoms with van der Waals surface area (Å²) in [7, 11) is 3.46. The molecule has 0 N–H and O–H groups in total. The van der Waals surface area contributed by atoms with E-state index in [0.29, 0.717) is 50.6 Å². The lowest BCUT2D eigenvalue weighted by molar-refractivity contribution is 0.0907. The quantitative estimate of drug-likeness (QED) is 0.107. The lowest BCUT2D eigenvalue weighted by atomic mass is 10.0. The Balaban J connectivity index is 0.000000173. The smallest absolute Gasteiger partial charge is 0.223 e. The number of nitrogens with zero attached hydrogens (tertiary/aromatic N) is 12. The minimum atomic E-state index is -0.291. The van der Waals surface area contributed by atoms with Gasteiger partial charge in [0.15, 0.2) is 35.6 Å². The normalized spacial score (nSPS) is 10.5. The Hall–Kier alpha value is -7.60. The highest BCUT2D eigenvalue weighted by Gasteiger charge is 2.23. The van der Waals surface area contributed by atoms with E-state index in [1.165, 1.54) is 34.5 Å². The van der Waals surface area contributed by atoms with Crippen molar-refractivity contribution in [1.82, 2.24) is 59.1 Å². The van der Waals surface area contributed by atoms with Crippen LogP contribution in [0.2, 0.25) is 0 Å². The van der Waals surface area contributed by atoms with Crippen molar-refractivity contribution >= 4 is 39.1 Å². The maximum atomic E-state index is 13.1. The van der Waals surface area contributed by atoms with Crippen LogP contribution in [0, 0.1) is 20.8 Å². The highest BCUT2D eigenvalue weighted by molar-refractivity contribution is 9.09. The van der Waals surface area contributed by atoms with E-state index in [2.05, 4.69) is 56.3 Å². The second kappa shape index (κ2) is 19.9. The fourth-order valence-corrected chi connectivity index (χ4v) is 6.12. The number of carbonyl (C=O) groups is 4. The molecule has 0 aliphatic carbocycles. The molecule has 0 bridgehead atoms. The second-order valence-electron chi connectivity index (χ2n) is 13.2. The van der Waals surface area contributed by atoms with Crippen LogP contribution in [0.25, 0.3) is 11.6 Å². The molecule has 6 heterocycles. The molecule has 0 amide bonds. The molecular weight excluding hydrogens is 844 g/mol. The van der Waals surface area contributed by atoms with Gasteiger partial charge in [-0.05, 0) is 45.0 Å². The number of pyridine rings is 2. The summed E-state index contributed by atoms with van der Waals surface area (Å²) < 4.78 is 11.8. The van der Waals surface area contributed by atoms with Crippen LogP contribution in [0.1, 0.15) is 69.6 Å². The molecule has 0 saturated carbocycles. The fraction of sp³-hybridized carbons (Fsp3) is 0.163. The largest absolute Gasteiger partial charge is 0.469 e. The molecule has 6 aromatic heterocycles. The van der Waals surface area contributed by atoms with Crippen LogP contribution in [0.5, 0.6) is 5.88 Å². The summed E-state index contributed by atoms with van der Waals surface area (Å²) in [6.07, 6.45) is 8.95. The number of ether oxygens (including phenoxy) is 1. The van der Waals surface area contributed by atoms with Crippen LogP contribution in [0.4, 0.5) is 0 Å². The van der Waals surface area contributed by atoms with Crippen molar-refractivity contribution in [2.24, 2.45) is 14.1 Å². The first kappa shape index (κ1) is 43.0. The van der Waals surface area contributed by atoms with Crippen LogP contribution >= 0.6 is 15.9 Å². The van der Waals surface area contributed by atoms with Crippen molar-refractivity contribution in [3.63, 3.8) is 0 Å². The highest BCUT2D eigenvalue weighted by atomic mass is 79.9. The van der Waals surface area contributed by atoms with Gasteiger partial charge in [-0.3, -0.25) is 23.9 Å². The van der Waals surface area contributed by atoms with E-state index in [9.17, 15) is 19.2 Å². The van der Waals surface area contributed by atoms with Crippen molar-refractivity contribution in [1.29, 1.82) is 0 Å². The van der Waals surface area contributed by atoms with Gasteiger partial charge in [0.25, 0.3) is 0 Å². The highest BCUT2D eigenvalue weighted by Crippen LogP contribution is 2.23. The molecule has 0 unspecified atom stereocenters. The van der Waals surface area contributed by atoms with Crippen molar-refractivity contribution < 1.29 is 23.9 Å². The Morgan fingerprint density at radius 1 is 0.574 bits per heavy atom. The van der Waals surface area contributed by atoms with Crippen LogP contribution in [-0.2, 0) is 14.1 Å². The molecular formula is C43H39BrN12O5. The lowest BCUT2D eigenvalue weighted by Crippen LogP contribution is -2.15. The third-order valence-electron chi connectivity index (χ3n) is 9.20. The summed E-state index contributed by atoms with van der Waals surface area (Å²) in [6.45, 7) is 5.21. The number of carbonyl (C=O) groups excluding carboxylic acids is 4. The van der Waals surface area contributed by atoms with Gasteiger partial charge in [0.05, 0.1) is 34.7 Å². The number of hydrogen-bond donors (Lipinski definition) is 0. The van der Waals surface area contributed by atoms with Gasteiger partial charge in [-0.1, -0.05) is 76.6 Å². The third-order valence-corrected chi connectivity index (χ3v) is 9.71. The zero-order valence-electron chi connectivity index (χ0n) is 33.7. The standard InChI is InChI=1S/C21H18N6O3.C14H14N6O.C8H7BrO/c1-14-16(8-9-19(25-14)27-13-22-12-24-27)20(29)17-10-23-26(2)21(17)30-11-18(28)15-6-4-3-5-7-15;1-9-11(14(21)12-6-16-19(3)10(12)2)4-5-13(18-9)20-8-15-7-17-20;9-6-8(10)7-4-2-1-3-5-7/h3-10,12-13H,11H2,1-2H3;4-8H,1-3H3;1-5H,6H2. The molecule has 0 aliphatic rings. The molecule has 2 aromatic carbocycles. The summed E-state index contributed by atoms with van der Waals surface area (Å²) in [6, 6.07) is 24.9. The van der Waals surface area contributed by atoms with Crippen molar-refractivity contribution in [2.75, 3.05) is 11.9 Å². The Morgan fingerprint density at radius 2 is 1.05 bits per heavy atom. The predicted octanol–water partition coefficient (Wildman–Crippen LogP) is 5.70. The average Bonchev–Trinajstić information content (AvgIpc) is 4.13. The fourth-order valence-electron chi connectivity index (χ4n) is 5.79. The number of aryl methyl sites for hydroxylation is 4. The van der Waals surface area contributed by atoms with E-state index in [1.807, 2.05) is 50.4 Å². The molecule has 0 atom stereocenters. The molecule has 8 aromatic rings. The van der Waals surface area contributed by atoms with E-state index >= 15 is 0 Å². The molecule has 61 heavy (non-hydrogen) atoms. The molecule has 18 heteroatoms. The van der Waals surface area contributed by atoms with Crippen molar-refractivity contribution in [2.45, 2.75) is 20.8 Å². The SMILES string of the molecule is Cc1nc(-n2cncn2)ccc1C(=O)c1cnn(C)c1C.Cc1nc(-n2cncn2)ccc1C(=O)c1cnn(C)c1OCC(=O)c1ccccc1.O=C(CBr)c1ccccc1. The molecule has 8 rings (SSSR count). The Kier molecular flexibility index (Phi) is 14.0. The summed E-state index contributed by atoms with van der Waals surface area (Å²) in [5.74, 6) is 0.980. The number of benzene rings is 2. The van der Waals surface area contributed by atoms with Gasteiger partial charge < -0.3 is 4.74 Å². The van der Waals surface area contributed by atoms with Crippen LogP contribution in [-0.4, -0.2) is 94.1 Å². The van der Waals surface area contributed by atoms with Crippen LogP contribution in [0.15, 0.2) is 123 Å². The third kappa shape index (κ3) is 10.4. The molecule has 17 nitrogen and oxygen atoms in total. The van der Waals surface area contributed by atoms with Gasteiger partial charge in [0.2, 0.25) is 11.7 Å². The first-order valence-corrected chi connectivity index (χ1v) is 19.7. The first-order chi connectivity index (χ1) is 29.5. The zero-order valence-corrected chi connectivity index (χ0v) is 35.3. The number of rotatable bonds is 12. The number of halogens is 1. The van der Waals surface area contributed by atoms with Gasteiger partial charge in [-0.2, -0.15) is 20.4 Å². The van der Waals surface area contributed by atoms with E-state index in [0.717, 1.165) is 11.3 Å². The first-order valence-electron chi connectivity index (χ1n) is 18.6. The second-order valence-corrected chi connectivity index (χ2v) is 13.8. The summed E-state index contributed by atoms with van der Waals surface area (Å²) in [4.78, 5) is 65.6. The van der Waals surface area contributed by atoms with Crippen LogP contribution < -0.4 is 4.74 Å². The average molecular weight is 884 g/mol. The molecule has 0 aliphatic heterocycles. The number of Topliss-reactive ketones (excluding diaryl/α,β-unsaturated/α-hetero) is 2. The van der Waals surface area contributed by atoms with Crippen LogP contribution in [0.3, 0.4) is 0 Å². The summed E-state index contributed by atoms with van der Waals surface area (Å²) in [5.41, 5.74) is 5.14. The Morgan fingerprint density at radius 3 is 1.49 bits per heavy atom. The number of aromatic nitrogens is 12. The molecule has 0 radical (unpaired) electrons. The van der Waals surface area contributed by atoms with Crippen molar-refractivity contribution in [3.8, 4) is 17.5 Å². The zero-order chi connectivity index (χ0) is 43.5. The lowest BCUT2D eigenvalue weighted by Gasteiger charge is -2.10. The maximum absolute atomic E-state index is 13.1. The minimum Gasteiger partial charge on any atom is -0.469 e. The van der Waals surface area contributed by atoms with Crippen molar-refractivity contribution in [3.05, 3.63) is 173 Å². The number of alkyl halides is 1. The van der Waals surface area contributed by atoms with E-state index in [1.54, 1.807) is 91.3 Å². The van der Waals surface area contributed by atoms with Gasteiger partial charge in [-0.15, -0.1) is 0 Å². The van der Waals surface area contributed by atoms with Gasteiger partial charge in [-0.25, -0.2) is 34.0 Å². The maximum Gasteiger partial charge on any atom is 0.223 e. The van der Waals surface area contributed by atoms with E-state index < -0.39 is 0 Å². The minimum absolute atomic E-state index is 0.0734. The monoisotopic (exact) mass is 882 g/mol. The van der Waals surface area contributed by atoms with Gasteiger partial charge in [0, 0.05) is 42.0 Å². The molecule has 0 spiro atoms. The Bertz CT molecular complexity index is 2770. The predicted molar refractivity (Wildman–Crippen MR) is 227 cm³/mol. The van der Waals surface area contributed by atoms with E-state index in [4.69, 9.17) is 4.74 Å². The molecule has 0 saturated heterocycles. The summed E-state index contributed by atoms with van der Waals surface area (Å²) in [5, 5.41) is 16.7. The topological polar surface area (TPSA) is 200 Å². The molecule has 0 fully saturated rings. The summed E-state index contributed by atoms with van der Waals surface area (Å²) >= 11 is 3.10. The Labute approximate surface area is 358 Å². The van der Waals surface area contributed by atoms with Gasteiger partial charge in [0.1, 0.15) is 30.9 Å². The molecule has 308 valence electrons. The van der Waals surface area contributed by atoms with E-state index in [-0.39, 0.29) is 41.2 Å². The van der Waals surface area contributed by atoms with Gasteiger partial charge >= 0.3 is 0 Å². The number of ketones is 4.